The molecule has 0 bridgehead atoms. The highest BCUT2D eigenvalue weighted by molar-refractivity contribution is 5.92. The molecule has 1 aliphatic heterocycles. The zero-order valence-electron chi connectivity index (χ0n) is 19.5. The van der Waals surface area contributed by atoms with Gasteiger partial charge in [0.05, 0.1) is 0 Å². The summed E-state index contributed by atoms with van der Waals surface area (Å²) < 4.78 is 5.60. The summed E-state index contributed by atoms with van der Waals surface area (Å²) in [5.74, 6) is -1.23. The van der Waals surface area contributed by atoms with Crippen LogP contribution in [0.3, 0.4) is 0 Å². The normalized spacial score (nSPS) is 23.2. The average Bonchev–Trinajstić information content (AvgIpc) is 3.48. The molecule has 0 radical (unpaired) electrons. The molecule has 1 heterocycles. The van der Waals surface area contributed by atoms with E-state index in [2.05, 4.69) is 17.4 Å². The number of benzene rings is 2. The Morgan fingerprint density at radius 2 is 1.65 bits per heavy atom. The second kappa shape index (κ2) is 8.46. The maximum absolute atomic E-state index is 13.3. The summed E-state index contributed by atoms with van der Waals surface area (Å²) in [6, 6.07) is 15.3. The van der Waals surface area contributed by atoms with Gasteiger partial charge in [0, 0.05) is 12.5 Å². The van der Waals surface area contributed by atoms with Gasteiger partial charge in [-0.15, -0.1) is 0 Å². The van der Waals surface area contributed by atoms with Crippen LogP contribution in [0.2, 0.25) is 0 Å². The Labute approximate surface area is 199 Å². The number of ether oxygens (including phenoxy) is 1. The Balaban J connectivity index is 1.26. The molecule has 7 nitrogen and oxygen atoms in total. The van der Waals surface area contributed by atoms with Crippen molar-refractivity contribution in [3.8, 4) is 11.1 Å². The third kappa shape index (κ3) is 3.73. The predicted molar refractivity (Wildman–Crippen MR) is 126 cm³/mol. The van der Waals surface area contributed by atoms with E-state index >= 15 is 0 Å². The van der Waals surface area contributed by atoms with Crippen LogP contribution in [0.4, 0.5) is 4.79 Å². The smallest absolute Gasteiger partial charge is 0.408 e. The second-order valence-corrected chi connectivity index (χ2v) is 10.2. The van der Waals surface area contributed by atoms with Crippen LogP contribution in [-0.4, -0.2) is 52.7 Å². The molecule has 2 aliphatic carbocycles. The van der Waals surface area contributed by atoms with E-state index < -0.39 is 23.6 Å². The van der Waals surface area contributed by atoms with E-state index in [1.165, 1.54) is 4.90 Å². The third-order valence-electron chi connectivity index (χ3n) is 7.70. The molecule has 0 spiro atoms. The Bertz CT molecular complexity index is 1100. The fourth-order valence-corrected chi connectivity index (χ4v) is 6.13. The van der Waals surface area contributed by atoms with Gasteiger partial charge in [-0.3, -0.25) is 4.79 Å². The monoisotopic (exact) mass is 462 g/mol. The number of amides is 2. The lowest BCUT2D eigenvalue weighted by atomic mass is 9.94. The molecule has 178 valence electrons. The topological polar surface area (TPSA) is 95.9 Å². The highest BCUT2D eigenvalue weighted by Crippen LogP contribution is 2.45. The number of carbonyl (C=O) groups excluding carboxylic acids is 2. The number of nitrogens with one attached hydrogen (secondary N) is 1. The summed E-state index contributed by atoms with van der Waals surface area (Å²) in [5.41, 5.74) is 3.22. The summed E-state index contributed by atoms with van der Waals surface area (Å²) >= 11 is 0. The summed E-state index contributed by atoms with van der Waals surface area (Å²) in [4.78, 5) is 39.5. The van der Waals surface area contributed by atoms with Crippen LogP contribution >= 0.6 is 0 Å². The van der Waals surface area contributed by atoms with Gasteiger partial charge in [0.2, 0.25) is 5.91 Å². The first-order chi connectivity index (χ1) is 16.3. The van der Waals surface area contributed by atoms with Gasteiger partial charge >= 0.3 is 12.1 Å². The number of fused-ring (bicyclic) bond motifs is 4. The lowest BCUT2D eigenvalue weighted by Gasteiger charge is -2.33. The van der Waals surface area contributed by atoms with Crippen molar-refractivity contribution in [2.24, 2.45) is 11.8 Å². The first kappa shape index (κ1) is 22.4. The van der Waals surface area contributed by atoms with Crippen molar-refractivity contribution >= 4 is 18.0 Å². The van der Waals surface area contributed by atoms with Gasteiger partial charge in [-0.25, -0.2) is 9.59 Å². The van der Waals surface area contributed by atoms with E-state index in [9.17, 15) is 19.5 Å². The Morgan fingerprint density at radius 1 is 1.03 bits per heavy atom. The molecule has 2 aromatic rings. The molecule has 7 heteroatoms. The van der Waals surface area contributed by atoms with Crippen LogP contribution in [0.25, 0.3) is 11.1 Å². The van der Waals surface area contributed by atoms with Gasteiger partial charge in [-0.1, -0.05) is 55.0 Å². The maximum Gasteiger partial charge on any atom is 0.408 e. The van der Waals surface area contributed by atoms with Crippen LogP contribution in [0.5, 0.6) is 0 Å². The number of nitrogens with zero attached hydrogens (tertiary/aromatic N) is 1. The van der Waals surface area contributed by atoms with Crippen LogP contribution in [0, 0.1) is 11.8 Å². The molecule has 34 heavy (non-hydrogen) atoms. The van der Waals surface area contributed by atoms with Crippen molar-refractivity contribution in [3.05, 3.63) is 59.7 Å². The number of carbonyl (C=O) groups is 3. The fraction of sp³-hybridized carbons (Fsp3) is 0.444. The minimum atomic E-state index is -1.28. The predicted octanol–water partition coefficient (Wildman–Crippen LogP) is 4.02. The lowest BCUT2D eigenvalue weighted by molar-refractivity contribution is -0.151. The number of alkyl carbamates (subject to hydrolysis) is 1. The van der Waals surface area contributed by atoms with E-state index in [4.69, 9.17) is 4.74 Å². The third-order valence-corrected chi connectivity index (χ3v) is 7.70. The number of carboxylic acids is 1. The molecule has 5 rings (SSSR count). The first-order valence-corrected chi connectivity index (χ1v) is 11.9. The van der Waals surface area contributed by atoms with Gasteiger partial charge in [0.1, 0.15) is 18.2 Å². The van der Waals surface area contributed by atoms with E-state index in [1.54, 1.807) is 13.8 Å². The largest absolute Gasteiger partial charge is 0.480 e. The van der Waals surface area contributed by atoms with Crippen LogP contribution in [0.1, 0.15) is 50.2 Å². The van der Waals surface area contributed by atoms with E-state index in [0.717, 1.165) is 41.5 Å². The number of carboxylic acid groups (broad SMARTS) is 1. The molecule has 1 saturated heterocycles. The lowest BCUT2D eigenvalue weighted by Crippen LogP contribution is -2.58. The fourth-order valence-electron chi connectivity index (χ4n) is 6.13. The molecule has 3 unspecified atom stereocenters. The van der Waals surface area contributed by atoms with Crippen LogP contribution in [-0.2, 0) is 14.3 Å². The van der Waals surface area contributed by atoms with Crippen molar-refractivity contribution in [1.82, 2.24) is 10.2 Å². The van der Waals surface area contributed by atoms with Crippen molar-refractivity contribution in [1.29, 1.82) is 0 Å². The summed E-state index contributed by atoms with van der Waals surface area (Å²) in [5, 5.41) is 12.5. The molecule has 2 fully saturated rings. The Morgan fingerprint density at radius 3 is 2.26 bits per heavy atom. The van der Waals surface area contributed by atoms with Crippen molar-refractivity contribution in [2.75, 3.05) is 13.2 Å². The van der Waals surface area contributed by atoms with Crippen molar-refractivity contribution in [2.45, 2.75) is 50.6 Å². The van der Waals surface area contributed by atoms with Crippen LogP contribution in [0.15, 0.2) is 48.5 Å². The summed E-state index contributed by atoms with van der Waals surface area (Å²) in [6.45, 7) is 3.78. The van der Waals surface area contributed by atoms with Gasteiger partial charge in [0.25, 0.3) is 0 Å². The number of hydrogen-bond acceptors (Lipinski definition) is 4. The molecule has 0 aromatic heterocycles. The highest BCUT2D eigenvalue weighted by Gasteiger charge is 2.52. The number of aliphatic carboxylic acids is 1. The van der Waals surface area contributed by atoms with E-state index in [0.29, 0.717) is 6.54 Å². The van der Waals surface area contributed by atoms with E-state index in [1.807, 2.05) is 36.4 Å². The molecule has 3 atom stereocenters. The maximum atomic E-state index is 13.3. The summed E-state index contributed by atoms with van der Waals surface area (Å²) in [6.07, 6.45) is 2.08. The molecule has 2 amide bonds. The summed E-state index contributed by atoms with van der Waals surface area (Å²) in [7, 11) is 0. The van der Waals surface area contributed by atoms with Gasteiger partial charge in [-0.05, 0) is 60.8 Å². The number of likely N-dealkylation sites (tertiary alicyclic amines) is 1. The molecular weight excluding hydrogens is 432 g/mol. The average molecular weight is 463 g/mol. The highest BCUT2D eigenvalue weighted by atomic mass is 16.5. The SMILES string of the molecule is CC(C)(NC(=O)OCC1c2ccccc2-c2ccccc21)C(=O)N1CC2CCCC2C1C(=O)O. The zero-order valence-corrected chi connectivity index (χ0v) is 19.5. The molecular formula is C27H30N2O5. The molecule has 3 aliphatic rings. The van der Waals surface area contributed by atoms with Gasteiger partial charge in [-0.2, -0.15) is 0 Å². The molecule has 2 aromatic carbocycles. The number of hydrogen-bond donors (Lipinski definition) is 2. The minimum Gasteiger partial charge on any atom is -0.480 e. The number of rotatable bonds is 5. The molecule has 2 N–H and O–H groups in total. The van der Waals surface area contributed by atoms with Gasteiger partial charge < -0.3 is 20.1 Å². The second-order valence-electron chi connectivity index (χ2n) is 10.2. The minimum absolute atomic E-state index is 0.00768. The van der Waals surface area contributed by atoms with Crippen molar-refractivity contribution in [3.63, 3.8) is 0 Å². The Kier molecular flexibility index (Phi) is 5.58. The zero-order chi connectivity index (χ0) is 24.0. The van der Waals surface area contributed by atoms with Crippen LogP contribution < -0.4 is 5.32 Å². The standard InChI is InChI=1S/C27H30N2O5/c1-27(2,25(32)29-14-16-8-7-13-17(16)23(29)24(30)31)28-26(33)34-15-22-20-11-5-3-9-18(20)19-10-4-6-12-21(19)22/h3-6,9-12,16-17,22-23H,7-8,13-15H2,1-2H3,(H,28,33)(H,30,31). The quantitative estimate of drug-likeness (QED) is 0.700. The molecule has 1 saturated carbocycles. The van der Waals surface area contributed by atoms with Gasteiger partial charge in [0.15, 0.2) is 0 Å². The van der Waals surface area contributed by atoms with Crippen molar-refractivity contribution < 1.29 is 24.2 Å². The Hall–Kier alpha value is -3.35. The first-order valence-electron chi connectivity index (χ1n) is 11.9. The van der Waals surface area contributed by atoms with E-state index in [-0.39, 0.29) is 30.3 Å².